The number of rotatable bonds is 6. The summed E-state index contributed by atoms with van der Waals surface area (Å²) in [6.07, 6.45) is 1.26. The smallest absolute Gasteiger partial charge is 0.323 e. The Balaban J connectivity index is 1.58. The average molecular weight is 387 g/mol. The van der Waals surface area contributed by atoms with E-state index in [1.165, 1.54) is 7.11 Å². The summed E-state index contributed by atoms with van der Waals surface area (Å²) in [6, 6.07) is 15.1. The Bertz CT molecular complexity index is 825. The van der Waals surface area contributed by atoms with Crippen LogP contribution in [0.15, 0.2) is 48.5 Å². The van der Waals surface area contributed by atoms with E-state index in [1.807, 2.05) is 53.4 Å². The molecule has 1 N–H and O–H groups in total. The van der Waals surface area contributed by atoms with Crippen molar-refractivity contribution in [2.75, 3.05) is 20.2 Å². The molecule has 0 aromatic heterocycles. The predicted molar refractivity (Wildman–Crippen MR) is 105 cm³/mol. The van der Waals surface area contributed by atoms with Crippen molar-refractivity contribution in [3.8, 4) is 0 Å². The van der Waals surface area contributed by atoms with Crippen molar-refractivity contribution in [1.82, 2.24) is 10.2 Å². The maximum absolute atomic E-state index is 12.4. The van der Waals surface area contributed by atoms with Crippen molar-refractivity contribution in [2.45, 2.75) is 25.4 Å². The van der Waals surface area contributed by atoms with Crippen molar-refractivity contribution in [3.05, 3.63) is 70.2 Å². The molecule has 5 nitrogen and oxygen atoms in total. The monoisotopic (exact) mass is 386 g/mol. The summed E-state index contributed by atoms with van der Waals surface area (Å²) in [5.41, 5.74) is 3.34. The number of benzene rings is 2. The molecular weight excluding hydrogens is 364 g/mol. The van der Waals surface area contributed by atoms with E-state index in [9.17, 15) is 9.59 Å². The Kier molecular flexibility index (Phi) is 6.48. The first-order valence-electron chi connectivity index (χ1n) is 8.96. The molecule has 2 aromatic carbocycles. The Morgan fingerprint density at radius 1 is 1.19 bits per heavy atom. The number of halogens is 1. The van der Waals surface area contributed by atoms with Gasteiger partial charge in [0.05, 0.1) is 13.7 Å². The van der Waals surface area contributed by atoms with Gasteiger partial charge in [0.25, 0.3) is 0 Å². The van der Waals surface area contributed by atoms with Gasteiger partial charge in [-0.1, -0.05) is 48.0 Å². The van der Waals surface area contributed by atoms with E-state index in [0.717, 1.165) is 16.7 Å². The third-order valence-corrected chi connectivity index (χ3v) is 5.03. The molecule has 27 heavy (non-hydrogen) atoms. The Morgan fingerprint density at radius 3 is 2.70 bits per heavy atom. The van der Waals surface area contributed by atoms with Crippen molar-refractivity contribution in [2.24, 2.45) is 0 Å². The number of ether oxygens (including phenoxy) is 1. The van der Waals surface area contributed by atoms with Gasteiger partial charge >= 0.3 is 5.97 Å². The van der Waals surface area contributed by atoms with Crippen LogP contribution in [-0.2, 0) is 33.7 Å². The fourth-order valence-corrected chi connectivity index (χ4v) is 3.60. The van der Waals surface area contributed by atoms with E-state index in [-0.39, 0.29) is 18.4 Å². The third-order valence-electron chi connectivity index (χ3n) is 4.79. The van der Waals surface area contributed by atoms with Crippen LogP contribution in [0.2, 0.25) is 5.02 Å². The van der Waals surface area contributed by atoms with Crippen molar-refractivity contribution in [3.63, 3.8) is 0 Å². The highest BCUT2D eigenvalue weighted by Crippen LogP contribution is 2.23. The van der Waals surface area contributed by atoms with Crippen LogP contribution in [0.3, 0.4) is 0 Å². The minimum atomic E-state index is -0.441. The van der Waals surface area contributed by atoms with Gasteiger partial charge in [-0.25, -0.2) is 0 Å². The van der Waals surface area contributed by atoms with Gasteiger partial charge in [-0.3, -0.25) is 14.5 Å². The molecule has 1 aliphatic rings. The molecule has 2 aromatic rings. The molecule has 0 bridgehead atoms. The second-order valence-corrected chi connectivity index (χ2v) is 7.08. The predicted octanol–water partition coefficient (Wildman–Crippen LogP) is 2.60. The number of hydrogen-bond donors (Lipinski definition) is 1. The van der Waals surface area contributed by atoms with Crippen LogP contribution >= 0.6 is 11.6 Å². The Labute approximate surface area is 164 Å². The molecule has 0 aliphatic carbocycles. The zero-order valence-corrected chi connectivity index (χ0v) is 16.0. The molecule has 0 saturated heterocycles. The summed E-state index contributed by atoms with van der Waals surface area (Å²) in [6.45, 7) is 1.23. The van der Waals surface area contributed by atoms with Gasteiger partial charge in [-0.2, -0.15) is 0 Å². The third kappa shape index (κ3) is 5.08. The van der Waals surface area contributed by atoms with Gasteiger partial charge < -0.3 is 10.1 Å². The number of nitrogens with one attached hydrogen (secondary N) is 1. The van der Waals surface area contributed by atoms with Crippen LogP contribution in [0.4, 0.5) is 0 Å². The van der Waals surface area contributed by atoms with Crippen LogP contribution in [0.5, 0.6) is 0 Å². The molecular formula is C21H23ClN2O3. The first kappa shape index (κ1) is 19.4. The highest BCUT2D eigenvalue weighted by atomic mass is 35.5. The molecule has 3 rings (SSSR count). The lowest BCUT2D eigenvalue weighted by molar-refractivity contribution is -0.148. The number of amides is 1. The maximum atomic E-state index is 12.4. The van der Waals surface area contributed by atoms with Crippen LogP contribution < -0.4 is 5.32 Å². The zero-order valence-electron chi connectivity index (χ0n) is 15.3. The summed E-state index contributed by atoms with van der Waals surface area (Å²) >= 11 is 5.98. The normalized spacial score (nSPS) is 16.4. The lowest BCUT2D eigenvalue weighted by atomic mass is 9.94. The molecule has 1 heterocycles. The molecule has 1 aliphatic heterocycles. The molecule has 0 saturated carbocycles. The van der Waals surface area contributed by atoms with Gasteiger partial charge in [-0.05, 0) is 41.7 Å². The molecule has 0 spiro atoms. The van der Waals surface area contributed by atoms with E-state index < -0.39 is 6.04 Å². The highest BCUT2D eigenvalue weighted by Gasteiger charge is 2.33. The van der Waals surface area contributed by atoms with Crippen molar-refractivity contribution in [1.29, 1.82) is 0 Å². The first-order valence-corrected chi connectivity index (χ1v) is 9.34. The van der Waals surface area contributed by atoms with E-state index in [0.29, 0.717) is 31.0 Å². The number of hydrogen-bond acceptors (Lipinski definition) is 4. The molecule has 6 heteroatoms. The van der Waals surface area contributed by atoms with Crippen LogP contribution in [-0.4, -0.2) is 43.0 Å². The van der Waals surface area contributed by atoms with Crippen LogP contribution in [0.25, 0.3) is 0 Å². The lowest BCUT2D eigenvalue weighted by Gasteiger charge is -2.34. The summed E-state index contributed by atoms with van der Waals surface area (Å²) in [7, 11) is 1.38. The quantitative estimate of drug-likeness (QED) is 0.775. The Hall–Kier alpha value is -2.37. The summed E-state index contributed by atoms with van der Waals surface area (Å²) in [5, 5.41) is 3.61. The van der Waals surface area contributed by atoms with Crippen LogP contribution in [0.1, 0.15) is 16.7 Å². The summed E-state index contributed by atoms with van der Waals surface area (Å²) < 4.78 is 4.94. The van der Waals surface area contributed by atoms with Crippen LogP contribution in [0, 0.1) is 0 Å². The first-order chi connectivity index (χ1) is 13.1. The van der Waals surface area contributed by atoms with Crippen molar-refractivity contribution < 1.29 is 14.3 Å². The van der Waals surface area contributed by atoms with E-state index in [1.54, 1.807) is 0 Å². The van der Waals surface area contributed by atoms with E-state index >= 15 is 0 Å². The van der Waals surface area contributed by atoms with E-state index in [2.05, 4.69) is 5.32 Å². The number of carbonyl (C=O) groups excluding carboxylic acids is 2. The van der Waals surface area contributed by atoms with Crippen molar-refractivity contribution >= 4 is 23.5 Å². The van der Waals surface area contributed by atoms with E-state index in [4.69, 9.17) is 16.3 Å². The van der Waals surface area contributed by atoms with Gasteiger partial charge in [0.1, 0.15) is 6.04 Å². The standard InChI is InChI=1S/C21H23ClN2O3/c1-27-21(26)19-12-16-6-2-3-7-17(16)13-24(19)14-20(25)23-10-9-15-5-4-8-18(22)11-15/h2-8,11,19H,9-10,12-14H2,1H3,(H,23,25)/t19-/m0/s1. The molecule has 0 fully saturated rings. The number of fused-ring (bicyclic) bond motifs is 1. The fraction of sp³-hybridized carbons (Fsp3) is 0.333. The SMILES string of the molecule is COC(=O)[C@@H]1Cc2ccccc2CN1CC(=O)NCCc1cccc(Cl)c1. The largest absolute Gasteiger partial charge is 0.468 e. The summed E-state index contributed by atoms with van der Waals surface area (Å²) in [5.74, 6) is -0.415. The number of esters is 1. The second-order valence-electron chi connectivity index (χ2n) is 6.65. The summed E-state index contributed by atoms with van der Waals surface area (Å²) in [4.78, 5) is 26.5. The topological polar surface area (TPSA) is 58.6 Å². The van der Waals surface area contributed by atoms with Gasteiger partial charge in [0.2, 0.25) is 5.91 Å². The average Bonchev–Trinajstić information content (AvgIpc) is 2.67. The maximum Gasteiger partial charge on any atom is 0.323 e. The number of nitrogens with zero attached hydrogens (tertiary/aromatic N) is 1. The molecule has 142 valence electrons. The second kappa shape index (κ2) is 9.02. The molecule has 1 amide bonds. The van der Waals surface area contributed by atoms with Gasteiger partial charge in [0, 0.05) is 18.1 Å². The fourth-order valence-electron chi connectivity index (χ4n) is 3.39. The van der Waals surface area contributed by atoms with Gasteiger partial charge in [0.15, 0.2) is 0 Å². The molecule has 0 unspecified atom stereocenters. The molecule has 0 radical (unpaired) electrons. The number of methoxy groups -OCH3 is 1. The molecule has 1 atom stereocenters. The lowest BCUT2D eigenvalue weighted by Crippen LogP contribution is -2.50. The number of carbonyl (C=O) groups is 2. The zero-order chi connectivity index (χ0) is 19.2. The minimum absolute atomic E-state index is 0.106. The highest BCUT2D eigenvalue weighted by molar-refractivity contribution is 6.30. The minimum Gasteiger partial charge on any atom is -0.468 e. The Morgan fingerprint density at radius 2 is 1.96 bits per heavy atom. The van der Waals surface area contributed by atoms with Gasteiger partial charge in [-0.15, -0.1) is 0 Å².